The van der Waals surface area contributed by atoms with E-state index in [0.717, 1.165) is 21.1 Å². The third kappa shape index (κ3) is 4.78. The fraction of sp³-hybridized carbons (Fsp3) is 0. The van der Waals surface area contributed by atoms with Gasteiger partial charge in [0.15, 0.2) is 0 Å². The summed E-state index contributed by atoms with van der Waals surface area (Å²) in [6.45, 7) is 0. The molecule has 43 heavy (non-hydrogen) atoms. The molecule has 2 nitrogen and oxygen atoms in total. The summed E-state index contributed by atoms with van der Waals surface area (Å²) in [4.78, 5) is 29.4. The van der Waals surface area contributed by atoms with Crippen LogP contribution in [0.15, 0.2) is 182 Å². The minimum atomic E-state index is -4.65. The summed E-state index contributed by atoms with van der Waals surface area (Å²) in [5.41, 5.74) is 0. The van der Waals surface area contributed by atoms with Crippen LogP contribution in [-0.4, -0.2) is 43.9 Å². The molecule has 0 saturated carbocycles. The zero-order chi connectivity index (χ0) is 29.6. The fourth-order valence-corrected chi connectivity index (χ4v) is 136. The Balaban J connectivity index is 1.94. The Hall–Kier alpha value is -3.21. The van der Waals surface area contributed by atoms with Crippen LogP contribution in [0.3, 0.4) is 0 Å². The molecule has 0 unspecified atom stereocenters. The van der Waals surface area contributed by atoms with Gasteiger partial charge >= 0.3 is 262 Å². The first kappa shape index (κ1) is 29.8. The number of carbonyl (C=O) groups is 2. The second kappa shape index (κ2) is 13.2. The van der Waals surface area contributed by atoms with Gasteiger partial charge in [-0.05, 0) is 0 Å². The van der Waals surface area contributed by atoms with E-state index < -0.39 is 39.2 Å². The van der Waals surface area contributed by atoms with Gasteiger partial charge in [-0.25, -0.2) is 0 Å². The van der Waals surface area contributed by atoms with Gasteiger partial charge in [0.05, 0.1) is 0 Å². The minimum absolute atomic E-state index is 1.15. The van der Waals surface area contributed by atoms with Gasteiger partial charge in [-0.15, -0.1) is 0 Å². The van der Waals surface area contributed by atoms with E-state index in [1.165, 1.54) is 10.5 Å². The van der Waals surface area contributed by atoms with Crippen LogP contribution in [0.1, 0.15) is 0 Å². The maximum absolute atomic E-state index is 14.7. The number of rotatable bonds is 10. The molecule has 0 saturated heterocycles. The molecule has 0 spiro atoms. The van der Waals surface area contributed by atoms with E-state index >= 15 is 0 Å². The predicted octanol–water partition coefficient (Wildman–Crippen LogP) is 3.32. The molecule has 0 aromatic heterocycles. The molecule has 0 aliphatic rings. The third-order valence-corrected chi connectivity index (χ3v) is 101. The molecule has 0 aliphatic carbocycles. The Labute approximate surface area is 259 Å². The van der Waals surface area contributed by atoms with E-state index in [4.69, 9.17) is 0 Å². The molecule has 218 valence electrons. The Kier molecular flexibility index (Phi) is 9.16. The van der Waals surface area contributed by atoms with Crippen LogP contribution in [0.25, 0.3) is 0 Å². The van der Waals surface area contributed by atoms with Gasteiger partial charge in [0.2, 0.25) is 0 Å². The standard InChI is InChI=1S/6C6H5.2CHO.Ni.2Sb.2H/c6*1-2-4-6-5-3-1;2*1-2;;;;;/h6*1-5H;2*1H;;;;;. The second-order valence-electron chi connectivity index (χ2n) is 10.1. The van der Waals surface area contributed by atoms with E-state index in [2.05, 4.69) is 146 Å². The van der Waals surface area contributed by atoms with E-state index in [1.807, 2.05) is 36.4 Å². The fourth-order valence-electron chi connectivity index (χ4n) is 6.27. The summed E-state index contributed by atoms with van der Waals surface area (Å²) in [7, 11) is 0. The van der Waals surface area contributed by atoms with Crippen LogP contribution >= 0.6 is 0 Å². The Morgan fingerprint density at radius 2 is 0.465 bits per heavy atom. The molecule has 0 atom stereocenters. The average Bonchev–Trinajstić information content (AvgIpc) is 3.11. The second-order valence-corrected chi connectivity index (χ2v) is 62.1. The van der Waals surface area contributed by atoms with Gasteiger partial charge in [0.1, 0.15) is 0 Å². The quantitative estimate of drug-likeness (QED) is 0.157. The van der Waals surface area contributed by atoms with Crippen molar-refractivity contribution in [3.05, 3.63) is 182 Å². The molecule has 0 aliphatic heterocycles. The van der Waals surface area contributed by atoms with E-state index in [-0.39, 0.29) is 0 Å². The van der Waals surface area contributed by atoms with Crippen LogP contribution in [0.5, 0.6) is 0 Å². The SMILES string of the molecule is O=[CH][Ni]([CH]=O)([SbH]([c]1ccccc1)([c]1ccccc1)[c]1ccccc1)[SbH]([c]1ccccc1)([c]1ccccc1)[c]1ccccc1. The summed E-state index contributed by atoms with van der Waals surface area (Å²) >= 11 is -9.30. The van der Waals surface area contributed by atoms with Crippen molar-refractivity contribution >= 4 is 64.9 Å². The van der Waals surface area contributed by atoms with Crippen molar-refractivity contribution in [1.29, 1.82) is 0 Å². The Morgan fingerprint density at radius 1 is 0.302 bits per heavy atom. The van der Waals surface area contributed by atoms with Gasteiger partial charge in [-0.2, -0.15) is 0 Å². The average molecular weight is 825 g/mol. The molecule has 0 bridgehead atoms. The van der Waals surface area contributed by atoms with E-state index in [0.29, 0.717) is 0 Å². The van der Waals surface area contributed by atoms with Gasteiger partial charge in [-0.3, -0.25) is 0 Å². The zero-order valence-electron chi connectivity index (χ0n) is 23.6. The first-order valence-electron chi connectivity index (χ1n) is 14.1. The number of benzene rings is 6. The van der Waals surface area contributed by atoms with Crippen LogP contribution < -0.4 is 21.1 Å². The van der Waals surface area contributed by atoms with Crippen molar-refractivity contribution in [3.63, 3.8) is 0 Å². The molecule has 0 N–H and O–H groups in total. The molecule has 6 rings (SSSR count). The summed E-state index contributed by atoms with van der Waals surface area (Å²) in [5, 5.41) is 2.39. The molecule has 0 amide bonds. The summed E-state index contributed by atoms with van der Waals surface area (Å²) in [6, 6.07) is 63.2. The Morgan fingerprint density at radius 3 is 0.605 bits per heavy atom. The number of hydrogen-bond acceptors (Lipinski definition) is 2. The third-order valence-electron chi connectivity index (χ3n) is 7.94. The first-order chi connectivity index (χ1) is 21.3. The molecule has 0 heterocycles. The van der Waals surface area contributed by atoms with Gasteiger partial charge < -0.3 is 0 Å². The van der Waals surface area contributed by atoms with Crippen molar-refractivity contribution in [2.24, 2.45) is 0 Å². The normalized spacial score (nSPS) is 13.0. The van der Waals surface area contributed by atoms with Crippen molar-refractivity contribution < 1.29 is 15.4 Å². The van der Waals surface area contributed by atoms with Gasteiger partial charge in [0, 0.05) is 0 Å². The summed E-state index contributed by atoms with van der Waals surface area (Å²) < 4.78 is 6.90. The van der Waals surface area contributed by atoms with Gasteiger partial charge in [0.25, 0.3) is 0 Å². The maximum atomic E-state index is 14.7. The summed E-state index contributed by atoms with van der Waals surface area (Å²) in [6.07, 6.45) is 0. The predicted molar refractivity (Wildman–Crippen MR) is 184 cm³/mol. The van der Waals surface area contributed by atoms with Crippen LogP contribution in [0.2, 0.25) is 0 Å². The molecule has 5 heteroatoms. The molecule has 0 radical (unpaired) electrons. The zero-order valence-corrected chi connectivity index (χ0v) is 30.3. The summed E-state index contributed by atoms with van der Waals surface area (Å²) in [5.74, 6) is -2.92. The van der Waals surface area contributed by atoms with Crippen LogP contribution in [-0.2, 0) is 15.4 Å². The Bertz CT molecular complexity index is 1450. The monoisotopic (exact) mass is 822 g/mol. The molecular weight excluding hydrogens is 791 g/mol. The van der Waals surface area contributed by atoms with Crippen molar-refractivity contribution in [1.82, 2.24) is 0 Å². The van der Waals surface area contributed by atoms with Crippen molar-refractivity contribution in [3.8, 4) is 0 Å². The topological polar surface area (TPSA) is 34.1 Å². The van der Waals surface area contributed by atoms with Gasteiger partial charge in [-0.1, -0.05) is 0 Å². The first-order valence-corrected chi connectivity index (χ1v) is 32.2. The molecular formula is C38H34NiO2Sb2. The van der Waals surface area contributed by atoms with Crippen LogP contribution in [0, 0.1) is 0 Å². The van der Waals surface area contributed by atoms with Crippen LogP contribution in [0.4, 0.5) is 0 Å². The van der Waals surface area contributed by atoms with Crippen molar-refractivity contribution in [2.75, 3.05) is 0 Å². The van der Waals surface area contributed by atoms with E-state index in [1.54, 1.807) is 0 Å². The molecule has 0 fully saturated rings. The molecule has 6 aromatic carbocycles. The number of carbonyl (C=O) groups excluding carboxylic acids is 2. The van der Waals surface area contributed by atoms with Crippen molar-refractivity contribution in [2.45, 2.75) is 0 Å². The van der Waals surface area contributed by atoms with E-state index in [9.17, 15) is 9.59 Å². The number of hydrogen-bond donors (Lipinski definition) is 0. The molecule has 6 aromatic rings.